The van der Waals surface area contributed by atoms with Gasteiger partial charge in [0.15, 0.2) is 0 Å². The average Bonchev–Trinajstić information content (AvgIpc) is 2.66. The lowest BCUT2D eigenvalue weighted by Gasteiger charge is -2.32. The largest absolute Gasteiger partial charge is 0.487 e. The number of rotatable bonds is 10. The molecule has 2 N–H and O–H groups in total. The van der Waals surface area contributed by atoms with E-state index in [1.165, 1.54) is 0 Å². The number of piperidine rings is 1. The molecule has 0 saturated carbocycles. The maximum Gasteiger partial charge on any atom is 0.294 e. The summed E-state index contributed by atoms with van der Waals surface area (Å²) < 4.78 is 5.89. The molecule has 1 aromatic rings. The summed E-state index contributed by atoms with van der Waals surface area (Å²) in [7, 11) is 0. The second-order valence-electron chi connectivity index (χ2n) is 7.21. The molecule has 0 radical (unpaired) electrons. The minimum Gasteiger partial charge on any atom is -0.487 e. The summed E-state index contributed by atoms with van der Waals surface area (Å²) in [6, 6.07) is 9.27. The van der Waals surface area contributed by atoms with Crippen LogP contribution in [0.1, 0.15) is 33.1 Å². The van der Waals surface area contributed by atoms with Crippen LogP contribution in [0.3, 0.4) is 0 Å². The number of carbonyl (C=O) groups is 1. The molecule has 1 amide bonds. The van der Waals surface area contributed by atoms with Crippen molar-refractivity contribution >= 4 is 5.91 Å². The van der Waals surface area contributed by atoms with Gasteiger partial charge in [0.1, 0.15) is 24.1 Å². The molecule has 0 spiro atoms. The molecule has 28 heavy (non-hydrogen) atoms. The number of aliphatic hydroxyl groups is 1. The first-order valence-electron chi connectivity index (χ1n) is 9.57. The fraction of sp³-hybridized carbons (Fsp3) is 0.632. The highest BCUT2D eigenvalue weighted by Gasteiger charge is 2.30. The van der Waals surface area contributed by atoms with Crippen LogP contribution in [0, 0.1) is 10.1 Å². The minimum absolute atomic E-state index is 0.0244. The summed E-state index contributed by atoms with van der Waals surface area (Å²) in [5, 5.41) is 23.4. The quantitative estimate of drug-likeness (QED) is 0.454. The Morgan fingerprint density at radius 1 is 1.32 bits per heavy atom. The second kappa shape index (κ2) is 10.8. The van der Waals surface area contributed by atoms with Gasteiger partial charge in [-0.15, -0.1) is 10.1 Å². The summed E-state index contributed by atoms with van der Waals surface area (Å²) in [5.41, 5.74) is 0. The highest BCUT2D eigenvalue weighted by Crippen LogP contribution is 2.19. The van der Waals surface area contributed by atoms with Crippen molar-refractivity contribution in [2.24, 2.45) is 0 Å². The number of hydrogen-bond acceptors (Lipinski definition) is 7. The molecule has 2 unspecified atom stereocenters. The van der Waals surface area contributed by atoms with Gasteiger partial charge in [-0.3, -0.25) is 4.79 Å². The van der Waals surface area contributed by atoms with Crippen LogP contribution in [0.25, 0.3) is 0 Å². The van der Waals surface area contributed by atoms with E-state index >= 15 is 0 Å². The molecule has 156 valence electrons. The summed E-state index contributed by atoms with van der Waals surface area (Å²) in [6.45, 7) is 5.02. The van der Waals surface area contributed by atoms with E-state index in [-0.39, 0.29) is 18.4 Å². The molecule has 0 bridgehead atoms. The first-order chi connectivity index (χ1) is 13.3. The van der Waals surface area contributed by atoms with Gasteiger partial charge >= 0.3 is 0 Å². The molecular formula is C19H29N3O6. The Bertz CT molecular complexity index is 619. The number of aliphatic hydroxyl groups excluding tert-OH is 1. The second-order valence-corrected chi connectivity index (χ2v) is 7.21. The van der Waals surface area contributed by atoms with E-state index in [0.29, 0.717) is 38.2 Å². The van der Waals surface area contributed by atoms with Crippen molar-refractivity contribution < 1.29 is 24.6 Å². The van der Waals surface area contributed by atoms with Crippen LogP contribution in [0.15, 0.2) is 30.3 Å². The van der Waals surface area contributed by atoms with E-state index in [4.69, 9.17) is 4.74 Å². The van der Waals surface area contributed by atoms with E-state index in [2.05, 4.69) is 10.2 Å². The SMILES string of the molecule is CC(C)NCC(O)C(CC(=O)N1CCC(O[N+](=O)[O-])CC1)Oc1ccccc1. The molecule has 2 rings (SSSR count). The van der Waals surface area contributed by atoms with Crippen LogP contribution in [0.2, 0.25) is 0 Å². The van der Waals surface area contributed by atoms with Gasteiger partial charge < -0.3 is 24.9 Å². The lowest BCUT2D eigenvalue weighted by atomic mass is 10.0. The summed E-state index contributed by atoms with van der Waals surface area (Å²) in [5.74, 6) is 0.436. The van der Waals surface area contributed by atoms with Gasteiger partial charge in [0.05, 0.1) is 6.42 Å². The highest BCUT2D eigenvalue weighted by molar-refractivity contribution is 5.77. The monoisotopic (exact) mass is 395 g/mol. The summed E-state index contributed by atoms with van der Waals surface area (Å²) >= 11 is 0. The number of nitrogens with zero attached hydrogens (tertiary/aromatic N) is 2. The molecule has 1 aliphatic heterocycles. The van der Waals surface area contributed by atoms with Gasteiger partial charge in [0.25, 0.3) is 5.09 Å². The Morgan fingerprint density at radius 2 is 1.96 bits per heavy atom. The van der Waals surface area contributed by atoms with Crippen LogP contribution < -0.4 is 10.1 Å². The topological polar surface area (TPSA) is 114 Å². The van der Waals surface area contributed by atoms with Crippen LogP contribution in [-0.4, -0.2) is 65.0 Å². The highest BCUT2D eigenvalue weighted by atomic mass is 17.0. The number of ether oxygens (including phenoxy) is 1. The average molecular weight is 395 g/mol. The van der Waals surface area contributed by atoms with Crippen LogP contribution in [0.4, 0.5) is 0 Å². The van der Waals surface area contributed by atoms with Gasteiger partial charge in [-0.25, -0.2) is 0 Å². The van der Waals surface area contributed by atoms with Crippen LogP contribution in [-0.2, 0) is 9.63 Å². The maximum atomic E-state index is 12.7. The number of hydrogen-bond donors (Lipinski definition) is 2. The van der Waals surface area contributed by atoms with Crippen molar-refractivity contribution in [1.82, 2.24) is 10.2 Å². The molecule has 9 nitrogen and oxygen atoms in total. The third-order valence-electron chi connectivity index (χ3n) is 4.60. The van der Waals surface area contributed by atoms with Gasteiger partial charge in [0, 0.05) is 25.7 Å². The first-order valence-corrected chi connectivity index (χ1v) is 9.57. The molecule has 0 aliphatic carbocycles. The van der Waals surface area contributed by atoms with Crippen LogP contribution >= 0.6 is 0 Å². The lowest BCUT2D eigenvalue weighted by Crippen LogP contribution is -2.47. The fourth-order valence-electron chi connectivity index (χ4n) is 3.05. The smallest absolute Gasteiger partial charge is 0.294 e. The minimum atomic E-state index is -0.859. The Kier molecular flexibility index (Phi) is 8.46. The van der Waals surface area contributed by atoms with Crippen molar-refractivity contribution in [3.05, 3.63) is 40.4 Å². The van der Waals surface area contributed by atoms with Crippen molar-refractivity contribution in [3.8, 4) is 5.75 Å². The third-order valence-corrected chi connectivity index (χ3v) is 4.60. The Balaban J connectivity index is 1.94. The Hall–Kier alpha value is -2.39. The zero-order valence-corrected chi connectivity index (χ0v) is 16.3. The molecule has 1 aliphatic rings. The van der Waals surface area contributed by atoms with E-state index in [9.17, 15) is 20.0 Å². The van der Waals surface area contributed by atoms with E-state index < -0.39 is 23.4 Å². The van der Waals surface area contributed by atoms with E-state index in [1.807, 2.05) is 32.0 Å². The molecule has 1 heterocycles. The fourth-order valence-corrected chi connectivity index (χ4v) is 3.05. The zero-order chi connectivity index (χ0) is 20.5. The molecule has 1 fully saturated rings. The van der Waals surface area contributed by atoms with Crippen LogP contribution in [0.5, 0.6) is 5.75 Å². The number of amides is 1. The number of para-hydroxylation sites is 1. The number of carbonyl (C=O) groups excluding carboxylic acids is 1. The van der Waals surface area contributed by atoms with Gasteiger partial charge in [-0.05, 0) is 25.0 Å². The molecule has 0 aromatic heterocycles. The molecular weight excluding hydrogens is 366 g/mol. The van der Waals surface area contributed by atoms with E-state index in [1.54, 1.807) is 17.0 Å². The van der Waals surface area contributed by atoms with Crippen molar-refractivity contribution in [1.29, 1.82) is 0 Å². The summed E-state index contributed by atoms with van der Waals surface area (Å²) in [6.07, 6.45) is -1.19. The Labute approximate surface area is 164 Å². The molecule has 9 heteroatoms. The standard InChI is InChI=1S/C19H29N3O6/c1-14(2)20-13-17(23)18(27-15-6-4-3-5-7-15)12-19(24)21-10-8-16(9-11-21)28-22(25)26/h3-7,14,16-18,20,23H,8-13H2,1-2H3. The molecule has 2 atom stereocenters. The van der Waals surface area contributed by atoms with Crippen molar-refractivity contribution in [2.75, 3.05) is 19.6 Å². The van der Waals surface area contributed by atoms with Gasteiger partial charge in [0.2, 0.25) is 5.91 Å². The van der Waals surface area contributed by atoms with E-state index in [0.717, 1.165) is 0 Å². The molecule has 1 saturated heterocycles. The number of benzene rings is 1. The zero-order valence-electron chi connectivity index (χ0n) is 16.3. The first kappa shape index (κ1) is 21.9. The lowest BCUT2D eigenvalue weighted by molar-refractivity contribution is -0.769. The Morgan fingerprint density at radius 3 is 2.54 bits per heavy atom. The maximum absolute atomic E-state index is 12.7. The number of nitrogens with one attached hydrogen (secondary N) is 1. The van der Waals surface area contributed by atoms with Crippen molar-refractivity contribution in [3.63, 3.8) is 0 Å². The van der Waals surface area contributed by atoms with Gasteiger partial charge in [-0.1, -0.05) is 32.0 Å². The van der Waals surface area contributed by atoms with Gasteiger partial charge in [-0.2, -0.15) is 0 Å². The summed E-state index contributed by atoms with van der Waals surface area (Å²) in [4.78, 5) is 29.4. The predicted octanol–water partition coefficient (Wildman–Crippen LogP) is 1.38. The third kappa shape index (κ3) is 7.32. The normalized spacial score (nSPS) is 17.2. The van der Waals surface area contributed by atoms with Crippen molar-refractivity contribution in [2.45, 2.75) is 57.5 Å². The predicted molar refractivity (Wildman–Crippen MR) is 102 cm³/mol. The number of likely N-dealkylation sites (tertiary alicyclic amines) is 1. The molecule has 1 aromatic carbocycles.